The van der Waals surface area contributed by atoms with Gasteiger partial charge in [-0.1, -0.05) is 25.3 Å². The lowest BCUT2D eigenvalue weighted by molar-refractivity contribution is 0.244. The lowest BCUT2D eigenvalue weighted by Gasteiger charge is -2.22. The first-order valence-electron chi connectivity index (χ1n) is 6.92. The third-order valence-corrected chi connectivity index (χ3v) is 3.64. The third kappa shape index (κ3) is 2.68. The van der Waals surface area contributed by atoms with Crippen LogP contribution in [0.5, 0.6) is 0 Å². The SMILES string of the molecule is O=C(Nc1cccc2oc(=O)[nH]c12)NC1CCCCC1. The molecule has 0 atom stereocenters. The zero-order chi connectivity index (χ0) is 13.9. The largest absolute Gasteiger partial charge is 0.417 e. The molecule has 1 aliphatic rings. The molecule has 1 aliphatic carbocycles. The van der Waals surface area contributed by atoms with Gasteiger partial charge in [-0.15, -0.1) is 0 Å². The summed E-state index contributed by atoms with van der Waals surface area (Å²) in [5.41, 5.74) is 1.49. The smallest absolute Gasteiger partial charge is 0.408 e. The summed E-state index contributed by atoms with van der Waals surface area (Å²) in [6, 6.07) is 5.14. The van der Waals surface area contributed by atoms with Gasteiger partial charge in [-0.05, 0) is 25.0 Å². The molecule has 106 valence electrons. The van der Waals surface area contributed by atoms with Gasteiger partial charge in [-0.25, -0.2) is 9.59 Å². The monoisotopic (exact) mass is 275 g/mol. The van der Waals surface area contributed by atoms with Gasteiger partial charge in [0.25, 0.3) is 0 Å². The predicted molar refractivity (Wildman–Crippen MR) is 75.9 cm³/mol. The third-order valence-electron chi connectivity index (χ3n) is 3.64. The van der Waals surface area contributed by atoms with Crippen LogP contribution in [0.4, 0.5) is 10.5 Å². The number of carbonyl (C=O) groups is 1. The molecule has 2 aromatic rings. The number of oxazole rings is 1. The van der Waals surface area contributed by atoms with Crippen LogP contribution in [0, 0.1) is 0 Å². The number of rotatable bonds is 2. The van der Waals surface area contributed by atoms with Gasteiger partial charge < -0.3 is 15.1 Å². The van der Waals surface area contributed by atoms with E-state index in [0.717, 1.165) is 25.7 Å². The Labute approximate surface area is 115 Å². The number of carbonyl (C=O) groups excluding carboxylic acids is 1. The second-order valence-corrected chi connectivity index (χ2v) is 5.13. The van der Waals surface area contributed by atoms with Crippen LogP contribution in [0.25, 0.3) is 11.1 Å². The Balaban J connectivity index is 1.72. The summed E-state index contributed by atoms with van der Waals surface area (Å²) in [4.78, 5) is 25.8. The highest BCUT2D eigenvalue weighted by Crippen LogP contribution is 2.21. The topological polar surface area (TPSA) is 87.1 Å². The maximum absolute atomic E-state index is 12.0. The maximum atomic E-state index is 12.0. The fourth-order valence-corrected chi connectivity index (χ4v) is 2.67. The summed E-state index contributed by atoms with van der Waals surface area (Å²) in [5.74, 6) is -0.526. The minimum atomic E-state index is -0.526. The van der Waals surface area contributed by atoms with Crippen LogP contribution in [0.15, 0.2) is 27.4 Å². The first kappa shape index (κ1) is 12.8. The lowest BCUT2D eigenvalue weighted by Crippen LogP contribution is -2.39. The van der Waals surface area contributed by atoms with Gasteiger partial charge in [0.1, 0.15) is 5.52 Å². The van der Waals surface area contributed by atoms with E-state index in [1.54, 1.807) is 18.2 Å². The van der Waals surface area contributed by atoms with E-state index >= 15 is 0 Å². The summed E-state index contributed by atoms with van der Waals surface area (Å²) in [5, 5.41) is 5.73. The molecule has 0 unspecified atom stereocenters. The van der Waals surface area contributed by atoms with E-state index in [1.807, 2.05) is 0 Å². The Bertz CT molecular complexity index is 668. The van der Waals surface area contributed by atoms with Crippen LogP contribution in [0.1, 0.15) is 32.1 Å². The molecule has 2 amide bonds. The van der Waals surface area contributed by atoms with Crippen molar-refractivity contribution in [2.45, 2.75) is 38.1 Å². The average molecular weight is 275 g/mol. The molecular weight excluding hydrogens is 258 g/mol. The number of hydrogen-bond donors (Lipinski definition) is 3. The normalized spacial score (nSPS) is 16.2. The number of amides is 2. The number of fused-ring (bicyclic) bond motifs is 1. The molecule has 0 bridgehead atoms. The summed E-state index contributed by atoms with van der Waals surface area (Å²) in [7, 11) is 0. The number of nitrogens with one attached hydrogen (secondary N) is 3. The van der Waals surface area contributed by atoms with Crippen molar-refractivity contribution >= 4 is 22.8 Å². The predicted octanol–water partition coefficient (Wildman–Crippen LogP) is 2.58. The maximum Gasteiger partial charge on any atom is 0.417 e. The molecule has 1 aromatic heterocycles. The molecule has 3 N–H and O–H groups in total. The molecule has 0 saturated heterocycles. The van der Waals surface area contributed by atoms with E-state index in [4.69, 9.17) is 4.42 Å². The molecule has 1 fully saturated rings. The van der Waals surface area contributed by atoms with E-state index in [-0.39, 0.29) is 12.1 Å². The summed E-state index contributed by atoms with van der Waals surface area (Å²) < 4.78 is 4.96. The highest BCUT2D eigenvalue weighted by molar-refractivity contribution is 5.98. The van der Waals surface area contributed by atoms with E-state index in [0.29, 0.717) is 16.8 Å². The summed E-state index contributed by atoms with van der Waals surface area (Å²) >= 11 is 0. The van der Waals surface area contributed by atoms with Crippen LogP contribution >= 0.6 is 0 Å². The fraction of sp³-hybridized carbons (Fsp3) is 0.429. The van der Waals surface area contributed by atoms with Crippen molar-refractivity contribution in [2.24, 2.45) is 0 Å². The number of H-pyrrole nitrogens is 1. The standard InChI is InChI=1S/C14H17N3O3/c18-13(15-9-5-2-1-3-6-9)16-10-7-4-8-11-12(10)17-14(19)20-11/h4,7-9H,1-3,5-6H2,(H,17,19)(H2,15,16,18). The first-order valence-corrected chi connectivity index (χ1v) is 6.92. The fourth-order valence-electron chi connectivity index (χ4n) is 2.67. The van der Waals surface area contributed by atoms with Crippen LogP contribution in [-0.4, -0.2) is 17.1 Å². The first-order chi connectivity index (χ1) is 9.72. The van der Waals surface area contributed by atoms with Crippen molar-refractivity contribution in [3.8, 4) is 0 Å². The Kier molecular flexibility index (Phi) is 3.45. The summed E-state index contributed by atoms with van der Waals surface area (Å²) in [6.45, 7) is 0. The second-order valence-electron chi connectivity index (χ2n) is 5.13. The van der Waals surface area contributed by atoms with Gasteiger partial charge in [-0.2, -0.15) is 0 Å². The van der Waals surface area contributed by atoms with Gasteiger partial charge in [0.05, 0.1) is 5.69 Å². The molecule has 20 heavy (non-hydrogen) atoms. The zero-order valence-electron chi connectivity index (χ0n) is 11.1. The number of urea groups is 1. The van der Waals surface area contributed by atoms with Crippen LogP contribution < -0.4 is 16.4 Å². The molecule has 0 aliphatic heterocycles. The highest BCUT2D eigenvalue weighted by atomic mass is 16.4. The van der Waals surface area contributed by atoms with Crippen molar-refractivity contribution in [2.75, 3.05) is 5.32 Å². The highest BCUT2D eigenvalue weighted by Gasteiger charge is 2.16. The zero-order valence-corrected chi connectivity index (χ0v) is 11.1. The van der Waals surface area contributed by atoms with E-state index in [2.05, 4.69) is 15.6 Å². The average Bonchev–Trinajstić information content (AvgIpc) is 2.81. The Morgan fingerprint density at radius 3 is 2.85 bits per heavy atom. The Morgan fingerprint density at radius 1 is 1.25 bits per heavy atom. The van der Waals surface area contributed by atoms with Gasteiger partial charge in [0.2, 0.25) is 0 Å². The van der Waals surface area contributed by atoms with Crippen molar-refractivity contribution < 1.29 is 9.21 Å². The van der Waals surface area contributed by atoms with Crippen LogP contribution in [0.3, 0.4) is 0 Å². The minimum absolute atomic E-state index is 0.242. The Morgan fingerprint density at radius 2 is 2.05 bits per heavy atom. The molecule has 1 aromatic carbocycles. The molecule has 0 radical (unpaired) electrons. The van der Waals surface area contributed by atoms with Gasteiger partial charge in [-0.3, -0.25) is 4.98 Å². The molecular formula is C14H17N3O3. The number of para-hydroxylation sites is 1. The van der Waals surface area contributed by atoms with Crippen molar-refractivity contribution in [3.63, 3.8) is 0 Å². The summed E-state index contributed by atoms with van der Waals surface area (Å²) in [6.07, 6.45) is 5.63. The second kappa shape index (κ2) is 5.40. The molecule has 6 nitrogen and oxygen atoms in total. The van der Waals surface area contributed by atoms with Crippen molar-refractivity contribution in [1.29, 1.82) is 0 Å². The van der Waals surface area contributed by atoms with Crippen molar-refractivity contribution in [3.05, 3.63) is 28.7 Å². The van der Waals surface area contributed by atoms with Crippen LogP contribution in [-0.2, 0) is 0 Å². The van der Waals surface area contributed by atoms with Crippen molar-refractivity contribution in [1.82, 2.24) is 10.3 Å². The number of benzene rings is 1. The van der Waals surface area contributed by atoms with Gasteiger partial charge >= 0.3 is 11.8 Å². The number of aromatic amines is 1. The molecule has 3 rings (SSSR count). The molecule has 6 heteroatoms. The van der Waals surface area contributed by atoms with Gasteiger partial charge in [0, 0.05) is 6.04 Å². The van der Waals surface area contributed by atoms with Crippen LogP contribution in [0.2, 0.25) is 0 Å². The van der Waals surface area contributed by atoms with E-state index in [1.165, 1.54) is 6.42 Å². The molecule has 1 saturated carbocycles. The molecule has 1 heterocycles. The minimum Gasteiger partial charge on any atom is -0.408 e. The lowest BCUT2D eigenvalue weighted by atomic mass is 9.96. The quantitative estimate of drug-likeness (QED) is 0.787. The molecule has 0 spiro atoms. The van der Waals surface area contributed by atoms with E-state index < -0.39 is 5.76 Å². The van der Waals surface area contributed by atoms with Gasteiger partial charge in [0.15, 0.2) is 5.58 Å². The number of hydrogen-bond acceptors (Lipinski definition) is 3. The Hall–Kier alpha value is -2.24. The number of aromatic nitrogens is 1. The number of anilines is 1. The van der Waals surface area contributed by atoms with E-state index in [9.17, 15) is 9.59 Å².